The number of aryl methyl sites for hydroxylation is 1. The van der Waals surface area contributed by atoms with E-state index in [0.29, 0.717) is 6.61 Å². The summed E-state index contributed by atoms with van der Waals surface area (Å²) in [5.74, 6) is 0.998. The van der Waals surface area contributed by atoms with Gasteiger partial charge in [-0.05, 0) is 24.1 Å². The molecule has 0 atom stereocenters. The molecule has 5 heteroatoms. The quantitative estimate of drug-likeness (QED) is 0.798. The van der Waals surface area contributed by atoms with E-state index in [1.807, 2.05) is 25.4 Å². The van der Waals surface area contributed by atoms with Crippen molar-refractivity contribution in [3.63, 3.8) is 0 Å². The Balaban J connectivity index is 2.01. The number of imidazole rings is 1. The van der Waals surface area contributed by atoms with Crippen LogP contribution in [0.5, 0.6) is 0 Å². The van der Waals surface area contributed by atoms with Gasteiger partial charge in [-0.25, -0.2) is 4.98 Å². The van der Waals surface area contributed by atoms with Crippen LogP contribution in [-0.2, 0) is 17.8 Å². The maximum Gasteiger partial charge on any atom is 0.122 e. The molecule has 20 heavy (non-hydrogen) atoms. The molecule has 1 heterocycles. The number of rotatable bonds is 7. The Morgan fingerprint density at radius 3 is 3.00 bits per heavy atom. The summed E-state index contributed by atoms with van der Waals surface area (Å²) in [4.78, 5) is 4.37. The maximum atomic E-state index is 6.28. The number of ether oxygens (including phenoxy) is 1. The summed E-state index contributed by atoms with van der Waals surface area (Å²) in [5, 5.41) is 4.10. The number of nitrogens with one attached hydrogen (secondary N) is 1. The summed E-state index contributed by atoms with van der Waals surface area (Å²) in [6, 6.07) is 6.14. The van der Waals surface area contributed by atoms with E-state index in [4.69, 9.17) is 16.3 Å². The SMILES string of the molecule is COCCNCc1nccn1Cc1ccc(C)cc1Cl. The highest BCUT2D eigenvalue weighted by Crippen LogP contribution is 2.19. The average molecular weight is 294 g/mol. The Labute approximate surface area is 124 Å². The highest BCUT2D eigenvalue weighted by Gasteiger charge is 2.06. The van der Waals surface area contributed by atoms with Crippen molar-refractivity contribution in [2.24, 2.45) is 0 Å². The van der Waals surface area contributed by atoms with Crippen molar-refractivity contribution < 1.29 is 4.74 Å². The van der Waals surface area contributed by atoms with Gasteiger partial charge in [0.15, 0.2) is 0 Å². The third-order valence-electron chi connectivity index (χ3n) is 3.12. The highest BCUT2D eigenvalue weighted by atomic mass is 35.5. The van der Waals surface area contributed by atoms with Crippen LogP contribution in [0, 0.1) is 6.92 Å². The van der Waals surface area contributed by atoms with Gasteiger partial charge in [-0.15, -0.1) is 0 Å². The molecule has 0 radical (unpaired) electrons. The summed E-state index contributed by atoms with van der Waals surface area (Å²) in [7, 11) is 1.70. The number of hydrogen-bond donors (Lipinski definition) is 1. The fraction of sp³-hybridized carbons (Fsp3) is 0.400. The maximum absolute atomic E-state index is 6.28. The number of halogens is 1. The molecule has 0 unspecified atom stereocenters. The lowest BCUT2D eigenvalue weighted by Crippen LogP contribution is -2.21. The van der Waals surface area contributed by atoms with Crippen LogP contribution in [0.1, 0.15) is 17.0 Å². The third-order valence-corrected chi connectivity index (χ3v) is 3.47. The lowest BCUT2D eigenvalue weighted by molar-refractivity contribution is 0.199. The monoisotopic (exact) mass is 293 g/mol. The minimum absolute atomic E-state index is 0.699. The molecule has 2 rings (SSSR count). The first kappa shape index (κ1) is 15.0. The summed E-state index contributed by atoms with van der Waals surface area (Å²) >= 11 is 6.28. The van der Waals surface area contributed by atoms with Crippen LogP contribution in [0.25, 0.3) is 0 Å². The van der Waals surface area contributed by atoms with Gasteiger partial charge in [-0.3, -0.25) is 0 Å². The molecule has 0 amide bonds. The number of nitrogens with zero attached hydrogens (tertiary/aromatic N) is 2. The van der Waals surface area contributed by atoms with E-state index in [1.54, 1.807) is 7.11 Å². The van der Waals surface area contributed by atoms with E-state index in [2.05, 4.69) is 27.0 Å². The first-order valence-electron chi connectivity index (χ1n) is 6.65. The first-order chi connectivity index (χ1) is 9.70. The zero-order valence-corrected chi connectivity index (χ0v) is 12.7. The van der Waals surface area contributed by atoms with Crippen molar-refractivity contribution in [1.82, 2.24) is 14.9 Å². The lowest BCUT2D eigenvalue weighted by atomic mass is 10.1. The van der Waals surface area contributed by atoms with Gasteiger partial charge in [0.25, 0.3) is 0 Å². The van der Waals surface area contributed by atoms with Crippen LogP contribution in [0.3, 0.4) is 0 Å². The first-order valence-corrected chi connectivity index (χ1v) is 7.03. The molecule has 1 N–H and O–H groups in total. The number of methoxy groups -OCH3 is 1. The van der Waals surface area contributed by atoms with Crippen LogP contribution >= 0.6 is 11.6 Å². The van der Waals surface area contributed by atoms with Crippen molar-refractivity contribution in [3.05, 3.63) is 52.6 Å². The van der Waals surface area contributed by atoms with Gasteiger partial charge in [0.1, 0.15) is 5.82 Å². The van der Waals surface area contributed by atoms with Crippen LogP contribution in [0.2, 0.25) is 5.02 Å². The summed E-state index contributed by atoms with van der Waals surface area (Å²) in [6.07, 6.45) is 3.79. The van der Waals surface area contributed by atoms with Crippen LogP contribution < -0.4 is 5.32 Å². The molecule has 1 aromatic carbocycles. The third kappa shape index (κ3) is 4.07. The van der Waals surface area contributed by atoms with Gasteiger partial charge < -0.3 is 14.6 Å². The predicted molar refractivity (Wildman–Crippen MR) is 81.1 cm³/mol. The largest absolute Gasteiger partial charge is 0.383 e. The number of hydrogen-bond acceptors (Lipinski definition) is 3. The lowest BCUT2D eigenvalue weighted by Gasteiger charge is -2.10. The fourth-order valence-corrected chi connectivity index (χ4v) is 2.28. The van der Waals surface area contributed by atoms with Gasteiger partial charge in [0.2, 0.25) is 0 Å². The molecule has 0 aliphatic carbocycles. The van der Waals surface area contributed by atoms with Gasteiger partial charge >= 0.3 is 0 Å². The second kappa shape index (κ2) is 7.43. The molecule has 4 nitrogen and oxygen atoms in total. The van der Waals surface area contributed by atoms with E-state index in [1.165, 1.54) is 5.56 Å². The molecule has 0 fully saturated rings. The molecule has 2 aromatic rings. The van der Waals surface area contributed by atoms with Crippen LogP contribution in [0.4, 0.5) is 0 Å². The zero-order chi connectivity index (χ0) is 14.4. The Kier molecular flexibility index (Phi) is 5.59. The van der Waals surface area contributed by atoms with Gasteiger partial charge in [0, 0.05) is 31.1 Å². The molecular formula is C15H20ClN3O. The van der Waals surface area contributed by atoms with E-state index in [-0.39, 0.29) is 0 Å². The standard InChI is InChI=1S/C15H20ClN3O/c1-12-3-4-13(14(16)9-12)11-19-7-5-18-15(19)10-17-6-8-20-2/h3-5,7,9,17H,6,8,10-11H2,1-2H3. The van der Waals surface area contributed by atoms with E-state index < -0.39 is 0 Å². The molecule has 0 aliphatic heterocycles. The Bertz CT molecular complexity index is 554. The smallest absolute Gasteiger partial charge is 0.122 e. The van der Waals surface area contributed by atoms with Gasteiger partial charge in [0.05, 0.1) is 19.7 Å². The fourth-order valence-electron chi connectivity index (χ4n) is 1.99. The van der Waals surface area contributed by atoms with Crippen molar-refractivity contribution in [1.29, 1.82) is 0 Å². The Morgan fingerprint density at radius 1 is 1.40 bits per heavy atom. The van der Waals surface area contributed by atoms with Crippen molar-refractivity contribution in [3.8, 4) is 0 Å². The Morgan fingerprint density at radius 2 is 2.25 bits per heavy atom. The summed E-state index contributed by atoms with van der Waals surface area (Å²) in [6.45, 7) is 5.01. The molecule has 0 saturated heterocycles. The van der Waals surface area contributed by atoms with Crippen LogP contribution in [0.15, 0.2) is 30.6 Å². The molecule has 0 bridgehead atoms. The molecule has 0 spiro atoms. The van der Waals surface area contributed by atoms with Gasteiger partial charge in [-0.2, -0.15) is 0 Å². The molecule has 0 aliphatic rings. The summed E-state index contributed by atoms with van der Waals surface area (Å²) in [5.41, 5.74) is 2.28. The van der Waals surface area contributed by atoms with Crippen molar-refractivity contribution >= 4 is 11.6 Å². The number of aromatic nitrogens is 2. The van der Waals surface area contributed by atoms with Crippen molar-refractivity contribution in [2.75, 3.05) is 20.3 Å². The molecular weight excluding hydrogens is 274 g/mol. The zero-order valence-electron chi connectivity index (χ0n) is 11.9. The van der Waals surface area contributed by atoms with Gasteiger partial charge in [-0.1, -0.05) is 23.7 Å². The highest BCUT2D eigenvalue weighted by molar-refractivity contribution is 6.31. The topological polar surface area (TPSA) is 39.1 Å². The van der Waals surface area contributed by atoms with Crippen LogP contribution in [-0.4, -0.2) is 29.8 Å². The van der Waals surface area contributed by atoms with E-state index >= 15 is 0 Å². The molecule has 0 saturated carbocycles. The second-order valence-corrected chi connectivity index (χ2v) is 5.14. The molecule has 108 valence electrons. The van der Waals surface area contributed by atoms with Crippen molar-refractivity contribution in [2.45, 2.75) is 20.0 Å². The second-order valence-electron chi connectivity index (χ2n) is 4.74. The summed E-state index contributed by atoms with van der Waals surface area (Å²) < 4.78 is 7.11. The minimum atomic E-state index is 0.699. The molecule has 1 aromatic heterocycles. The van der Waals surface area contributed by atoms with E-state index in [0.717, 1.165) is 36.0 Å². The normalized spacial score (nSPS) is 10.9. The number of benzene rings is 1. The van der Waals surface area contributed by atoms with E-state index in [9.17, 15) is 0 Å². The average Bonchev–Trinajstić information content (AvgIpc) is 2.85. The Hall–Kier alpha value is -1.36. The minimum Gasteiger partial charge on any atom is -0.383 e. The predicted octanol–water partition coefficient (Wildman–Crippen LogP) is 2.63.